The lowest BCUT2D eigenvalue weighted by atomic mass is 10.3. The molecule has 13 heavy (non-hydrogen) atoms. The molecule has 0 aliphatic heterocycles. The van der Waals surface area contributed by atoms with Crippen LogP contribution in [0.2, 0.25) is 0 Å². The molecule has 0 aliphatic rings. The van der Waals surface area contributed by atoms with Crippen LogP contribution in [0.25, 0.3) is 0 Å². The molecule has 0 radical (unpaired) electrons. The van der Waals surface area contributed by atoms with Crippen LogP contribution in [0, 0.1) is 6.92 Å². The third-order valence-electron chi connectivity index (χ3n) is 1.85. The van der Waals surface area contributed by atoms with Gasteiger partial charge in [0, 0.05) is 11.4 Å². The molecule has 0 bridgehead atoms. The standard InChI is InChI=1S/C10H17N3/c1-4-9-6-8(3)12-10(13-9)7-11-5-2/h6,11H,4-5,7H2,1-3H3. The van der Waals surface area contributed by atoms with Gasteiger partial charge in [0.1, 0.15) is 5.82 Å². The van der Waals surface area contributed by atoms with Crippen LogP contribution in [-0.2, 0) is 13.0 Å². The quantitative estimate of drug-likeness (QED) is 0.760. The van der Waals surface area contributed by atoms with Gasteiger partial charge in [0.15, 0.2) is 0 Å². The fraction of sp³-hybridized carbons (Fsp3) is 0.600. The van der Waals surface area contributed by atoms with Crippen LogP contribution in [0.15, 0.2) is 6.07 Å². The lowest BCUT2D eigenvalue weighted by molar-refractivity contribution is 0.681. The van der Waals surface area contributed by atoms with Gasteiger partial charge in [0.2, 0.25) is 0 Å². The van der Waals surface area contributed by atoms with Gasteiger partial charge >= 0.3 is 0 Å². The number of hydrogen-bond acceptors (Lipinski definition) is 3. The molecule has 0 atom stereocenters. The second-order valence-electron chi connectivity index (χ2n) is 3.05. The van der Waals surface area contributed by atoms with E-state index in [1.165, 1.54) is 0 Å². The summed E-state index contributed by atoms with van der Waals surface area (Å²) < 4.78 is 0. The van der Waals surface area contributed by atoms with Gasteiger partial charge in [0.25, 0.3) is 0 Å². The average molecular weight is 179 g/mol. The van der Waals surface area contributed by atoms with Gasteiger partial charge in [0.05, 0.1) is 6.54 Å². The van der Waals surface area contributed by atoms with Crippen molar-refractivity contribution >= 4 is 0 Å². The predicted octanol–water partition coefficient (Wildman–Crippen LogP) is 1.46. The second kappa shape index (κ2) is 4.92. The molecule has 1 N–H and O–H groups in total. The van der Waals surface area contributed by atoms with Crippen molar-refractivity contribution in [1.82, 2.24) is 15.3 Å². The van der Waals surface area contributed by atoms with E-state index >= 15 is 0 Å². The number of aromatic nitrogens is 2. The molecule has 0 unspecified atom stereocenters. The zero-order valence-corrected chi connectivity index (χ0v) is 8.59. The molecule has 0 aromatic carbocycles. The molecule has 1 rings (SSSR count). The summed E-state index contributed by atoms with van der Waals surface area (Å²) >= 11 is 0. The maximum atomic E-state index is 4.42. The molecule has 0 fully saturated rings. The summed E-state index contributed by atoms with van der Waals surface area (Å²) in [5.41, 5.74) is 2.18. The third kappa shape index (κ3) is 3.11. The summed E-state index contributed by atoms with van der Waals surface area (Å²) in [5.74, 6) is 0.902. The topological polar surface area (TPSA) is 37.8 Å². The summed E-state index contributed by atoms with van der Waals surface area (Å²) in [5, 5.41) is 3.22. The third-order valence-corrected chi connectivity index (χ3v) is 1.85. The zero-order chi connectivity index (χ0) is 9.68. The molecule has 1 heterocycles. The molecule has 3 nitrogen and oxygen atoms in total. The van der Waals surface area contributed by atoms with E-state index < -0.39 is 0 Å². The van der Waals surface area contributed by atoms with E-state index in [1.807, 2.05) is 13.0 Å². The molecule has 1 aromatic rings. The minimum atomic E-state index is 0.769. The lowest BCUT2D eigenvalue weighted by Gasteiger charge is -2.04. The van der Waals surface area contributed by atoms with Crippen molar-refractivity contribution in [3.05, 3.63) is 23.3 Å². The van der Waals surface area contributed by atoms with Crippen molar-refractivity contribution in [3.63, 3.8) is 0 Å². The van der Waals surface area contributed by atoms with Crippen LogP contribution in [0.3, 0.4) is 0 Å². The van der Waals surface area contributed by atoms with Crippen LogP contribution in [0.1, 0.15) is 31.1 Å². The zero-order valence-electron chi connectivity index (χ0n) is 8.59. The summed E-state index contributed by atoms with van der Waals surface area (Å²) in [6, 6.07) is 2.04. The number of rotatable bonds is 4. The van der Waals surface area contributed by atoms with Crippen molar-refractivity contribution < 1.29 is 0 Å². The minimum Gasteiger partial charge on any atom is -0.310 e. The Balaban J connectivity index is 2.76. The highest BCUT2D eigenvalue weighted by Gasteiger charge is 1.99. The van der Waals surface area contributed by atoms with Crippen LogP contribution in [0.4, 0.5) is 0 Å². The van der Waals surface area contributed by atoms with Crippen molar-refractivity contribution in [2.45, 2.75) is 33.7 Å². The molecule has 0 amide bonds. The van der Waals surface area contributed by atoms with Gasteiger partial charge in [-0.2, -0.15) is 0 Å². The van der Waals surface area contributed by atoms with Crippen molar-refractivity contribution in [1.29, 1.82) is 0 Å². The number of hydrogen-bond donors (Lipinski definition) is 1. The largest absolute Gasteiger partial charge is 0.310 e. The first-order valence-corrected chi connectivity index (χ1v) is 4.80. The molecule has 0 saturated heterocycles. The van der Waals surface area contributed by atoms with E-state index in [9.17, 15) is 0 Å². The Labute approximate surface area is 79.6 Å². The normalized spacial score (nSPS) is 10.4. The summed E-state index contributed by atoms with van der Waals surface area (Å²) in [6.07, 6.45) is 0.975. The van der Waals surface area contributed by atoms with E-state index in [-0.39, 0.29) is 0 Å². The Morgan fingerprint density at radius 2 is 2.08 bits per heavy atom. The fourth-order valence-corrected chi connectivity index (χ4v) is 1.20. The van der Waals surface area contributed by atoms with Crippen molar-refractivity contribution in [2.75, 3.05) is 6.54 Å². The van der Waals surface area contributed by atoms with Gasteiger partial charge in [-0.15, -0.1) is 0 Å². The van der Waals surface area contributed by atoms with Gasteiger partial charge in [-0.25, -0.2) is 9.97 Å². The molecule has 0 saturated carbocycles. The fourth-order valence-electron chi connectivity index (χ4n) is 1.20. The summed E-state index contributed by atoms with van der Waals surface area (Å²) in [7, 11) is 0. The molecule has 1 aromatic heterocycles. The van der Waals surface area contributed by atoms with E-state index in [0.29, 0.717) is 0 Å². The molecular formula is C10H17N3. The predicted molar refractivity (Wildman–Crippen MR) is 53.5 cm³/mol. The van der Waals surface area contributed by atoms with Crippen LogP contribution in [0.5, 0.6) is 0 Å². The number of nitrogens with zero attached hydrogens (tertiary/aromatic N) is 2. The maximum absolute atomic E-state index is 4.42. The first kappa shape index (κ1) is 10.1. The highest BCUT2D eigenvalue weighted by Crippen LogP contribution is 2.01. The maximum Gasteiger partial charge on any atom is 0.142 e. The first-order valence-electron chi connectivity index (χ1n) is 4.80. The molecule has 3 heteroatoms. The van der Waals surface area contributed by atoms with E-state index in [0.717, 1.165) is 36.7 Å². The molecular weight excluding hydrogens is 162 g/mol. The first-order chi connectivity index (χ1) is 6.26. The molecule has 0 aliphatic carbocycles. The van der Waals surface area contributed by atoms with Crippen LogP contribution in [-0.4, -0.2) is 16.5 Å². The Kier molecular flexibility index (Phi) is 3.83. The monoisotopic (exact) mass is 179 g/mol. The van der Waals surface area contributed by atoms with E-state index in [4.69, 9.17) is 0 Å². The Hall–Kier alpha value is -0.960. The number of aryl methyl sites for hydroxylation is 2. The Morgan fingerprint density at radius 1 is 1.31 bits per heavy atom. The van der Waals surface area contributed by atoms with Crippen molar-refractivity contribution in [2.24, 2.45) is 0 Å². The lowest BCUT2D eigenvalue weighted by Crippen LogP contribution is -2.15. The Morgan fingerprint density at radius 3 is 2.69 bits per heavy atom. The summed E-state index contributed by atoms with van der Waals surface area (Å²) in [4.78, 5) is 8.76. The average Bonchev–Trinajstić information content (AvgIpc) is 2.14. The molecule has 0 spiro atoms. The van der Waals surface area contributed by atoms with Gasteiger partial charge < -0.3 is 5.32 Å². The van der Waals surface area contributed by atoms with Crippen LogP contribution >= 0.6 is 0 Å². The second-order valence-corrected chi connectivity index (χ2v) is 3.05. The van der Waals surface area contributed by atoms with E-state index in [2.05, 4.69) is 29.1 Å². The highest BCUT2D eigenvalue weighted by atomic mass is 15.0. The van der Waals surface area contributed by atoms with Crippen LogP contribution < -0.4 is 5.32 Å². The SMILES string of the molecule is CCNCc1nc(C)cc(CC)n1. The number of nitrogens with one attached hydrogen (secondary N) is 1. The van der Waals surface area contributed by atoms with Gasteiger partial charge in [-0.1, -0.05) is 13.8 Å². The summed E-state index contributed by atoms with van der Waals surface area (Å²) in [6.45, 7) is 7.93. The van der Waals surface area contributed by atoms with Gasteiger partial charge in [-0.3, -0.25) is 0 Å². The van der Waals surface area contributed by atoms with E-state index in [1.54, 1.807) is 0 Å². The molecule has 72 valence electrons. The highest BCUT2D eigenvalue weighted by molar-refractivity contribution is 5.09. The Bertz CT molecular complexity index is 271. The van der Waals surface area contributed by atoms with Crippen molar-refractivity contribution in [3.8, 4) is 0 Å². The smallest absolute Gasteiger partial charge is 0.142 e. The van der Waals surface area contributed by atoms with Gasteiger partial charge in [-0.05, 0) is 26.0 Å². The minimum absolute atomic E-state index is 0.769.